The van der Waals surface area contributed by atoms with E-state index >= 15 is 0 Å². The van der Waals surface area contributed by atoms with Crippen molar-refractivity contribution in [2.75, 3.05) is 13.1 Å². The highest BCUT2D eigenvalue weighted by Gasteiger charge is 2.37. The minimum atomic E-state index is 0.619. The topological polar surface area (TPSA) is 37.8 Å². The fraction of sp³-hybridized carbons (Fsp3) is 0.778. The summed E-state index contributed by atoms with van der Waals surface area (Å²) in [4.78, 5) is 9.77. The van der Waals surface area contributed by atoms with Crippen molar-refractivity contribution >= 4 is 0 Å². The molecule has 21 heavy (non-hydrogen) atoms. The molecule has 1 heterocycles. The molecule has 2 unspecified atom stereocenters. The van der Waals surface area contributed by atoms with Gasteiger partial charge < -0.3 is 5.32 Å². The molecular formula is C18H31N3. The average molecular weight is 289 g/mol. The van der Waals surface area contributed by atoms with E-state index < -0.39 is 0 Å². The Morgan fingerprint density at radius 2 is 1.71 bits per heavy atom. The largest absolute Gasteiger partial charge is 0.316 e. The van der Waals surface area contributed by atoms with Crippen molar-refractivity contribution in [2.45, 2.75) is 66.2 Å². The Morgan fingerprint density at radius 3 is 2.14 bits per heavy atom. The van der Waals surface area contributed by atoms with Crippen molar-refractivity contribution in [3.8, 4) is 0 Å². The van der Waals surface area contributed by atoms with Crippen molar-refractivity contribution in [1.82, 2.24) is 15.3 Å². The summed E-state index contributed by atoms with van der Waals surface area (Å²) >= 11 is 0. The summed E-state index contributed by atoms with van der Waals surface area (Å²) in [5.41, 5.74) is 3.96. The van der Waals surface area contributed by atoms with Crippen molar-refractivity contribution in [3.63, 3.8) is 0 Å². The Balaban J connectivity index is 2.11. The van der Waals surface area contributed by atoms with Crippen LogP contribution >= 0.6 is 0 Å². The van der Waals surface area contributed by atoms with E-state index in [9.17, 15) is 0 Å². The molecule has 1 N–H and O–H groups in total. The molecule has 0 saturated heterocycles. The number of hydrogen-bond acceptors (Lipinski definition) is 3. The first-order valence-corrected chi connectivity index (χ1v) is 8.66. The molecule has 2 atom stereocenters. The van der Waals surface area contributed by atoms with Gasteiger partial charge in [-0.1, -0.05) is 34.6 Å². The first-order valence-electron chi connectivity index (χ1n) is 8.66. The zero-order valence-electron chi connectivity index (χ0n) is 14.4. The summed E-state index contributed by atoms with van der Waals surface area (Å²) in [5.74, 6) is 3.21. The highest BCUT2D eigenvalue weighted by Crippen LogP contribution is 2.45. The molecule has 0 aromatic carbocycles. The number of aromatic nitrogens is 2. The van der Waals surface area contributed by atoms with Crippen molar-refractivity contribution in [2.24, 2.45) is 11.8 Å². The van der Waals surface area contributed by atoms with Crippen molar-refractivity contribution < 1.29 is 0 Å². The summed E-state index contributed by atoms with van der Waals surface area (Å²) in [6.07, 6.45) is 4.35. The molecule has 1 aromatic rings. The van der Waals surface area contributed by atoms with Crippen molar-refractivity contribution in [3.05, 3.63) is 22.8 Å². The fourth-order valence-electron chi connectivity index (χ4n) is 2.93. The number of aryl methyl sites for hydroxylation is 2. The molecule has 0 bridgehead atoms. The second-order valence-corrected chi connectivity index (χ2v) is 6.83. The third kappa shape index (κ3) is 4.26. The van der Waals surface area contributed by atoms with Crippen LogP contribution in [-0.4, -0.2) is 23.1 Å². The molecular weight excluding hydrogens is 258 g/mol. The van der Waals surface area contributed by atoms with E-state index in [1.807, 2.05) is 0 Å². The minimum absolute atomic E-state index is 0.619. The predicted octanol–water partition coefficient (Wildman–Crippen LogP) is 3.51. The van der Waals surface area contributed by atoms with Crippen LogP contribution in [0.15, 0.2) is 0 Å². The first kappa shape index (κ1) is 16.4. The van der Waals surface area contributed by atoms with Gasteiger partial charge in [0.05, 0.1) is 0 Å². The zero-order valence-corrected chi connectivity index (χ0v) is 14.4. The van der Waals surface area contributed by atoms with Gasteiger partial charge in [-0.3, -0.25) is 0 Å². The quantitative estimate of drug-likeness (QED) is 0.744. The lowest BCUT2D eigenvalue weighted by Gasteiger charge is -2.15. The van der Waals surface area contributed by atoms with Gasteiger partial charge in [0, 0.05) is 17.3 Å². The van der Waals surface area contributed by atoms with E-state index in [2.05, 4.69) is 39.9 Å². The number of nitrogens with zero attached hydrogens (tertiary/aromatic N) is 2. The van der Waals surface area contributed by atoms with E-state index in [4.69, 9.17) is 9.97 Å². The molecule has 118 valence electrons. The summed E-state index contributed by atoms with van der Waals surface area (Å²) in [5, 5.41) is 3.54. The Bertz CT molecular complexity index is 443. The molecule has 0 spiro atoms. The van der Waals surface area contributed by atoms with Gasteiger partial charge in [0.25, 0.3) is 0 Å². The lowest BCUT2D eigenvalue weighted by Crippen LogP contribution is -2.23. The maximum Gasteiger partial charge on any atom is 0.132 e. The molecule has 0 amide bonds. The predicted molar refractivity (Wildman–Crippen MR) is 88.7 cm³/mol. The lowest BCUT2D eigenvalue weighted by atomic mass is 10.0. The molecule has 3 nitrogen and oxygen atoms in total. The van der Waals surface area contributed by atoms with E-state index in [0.717, 1.165) is 44.1 Å². The highest BCUT2D eigenvalue weighted by molar-refractivity contribution is 5.29. The Morgan fingerprint density at radius 1 is 1.14 bits per heavy atom. The summed E-state index contributed by atoms with van der Waals surface area (Å²) in [6, 6.07) is 0. The maximum atomic E-state index is 4.89. The van der Waals surface area contributed by atoms with Crippen LogP contribution in [0, 0.1) is 11.8 Å². The third-order valence-electron chi connectivity index (χ3n) is 4.41. The molecule has 1 aliphatic carbocycles. The Kier molecular flexibility index (Phi) is 5.74. The minimum Gasteiger partial charge on any atom is -0.316 e. The van der Waals surface area contributed by atoms with E-state index in [0.29, 0.717) is 11.8 Å². The SMILES string of the molecule is CCc1nc(C2CC2C)nc(CC)c1CCNCC(C)C. The van der Waals surface area contributed by atoms with E-state index in [1.165, 1.54) is 23.4 Å². The highest BCUT2D eigenvalue weighted by atomic mass is 14.9. The van der Waals surface area contributed by atoms with E-state index in [1.54, 1.807) is 0 Å². The van der Waals surface area contributed by atoms with Crippen LogP contribution in [0.4, 0.5) is 0 Å². The van der Waals surface area contributed by atoms with Crippen LogP contribution in [0.1, 0.15) is 69.7 Å². The van der Waals surface area contributed by atoms with Gasteiger partial charge in [-0.25, -0.2) is 9.97 Å². The second-order valence-electron chi connectivity index (χ2n) is 6.83. The standard InChI is InChI=1S/C18H31N3/c1-6-16-14(8-9-19-11-12(3)4)17(7-2)21-18(20-16)15-10-13(15)5/h12-13,15,19H,6-11H2,1-5H3. The third-order valence-corrected chi connectivity index (χ3v) is 4.41. The monoisotopic (exact) mass is 289 g/mol. The molecule has 0 aliphatic heterocycles. The van der Waals surface area contributed by atoms with Crippen LogP contribution in [-0.2, 0) is 19.3 Å². The van der Waals surface area contributed by atoms with Gasteiger partial charge in [0.1, 0.15) is 5.82 Å². The molecule has 0 radical (unpaired) electrons. The summed E-state index contributed by atoms with van der Waals surface area (Å²) in [7, 11) is 0. The van der Waals surface area contributed by atoms with Gasteiger partial charge in [0.2, 0.25) is 0 Å². The molecule has 3 heteroatoms. The number of hydrogen-bond donors (Lipinski definition) is 1. The molecule has 1 fully saturated rings. The molecule has 2 rings (SSSR count). The smallest absolute Gasteiger partial charge is 0.132 e. The second kappa shape index (κ2) is 7.35. The number of rotatable bonds is 8. The van der Waals surface area contributed by atoms with E-state index in [-0.39, 0.29) is 0 Å². The van der Waals surface area contributed by atoms with Gasteiger partial charge in [-0.15, -0.1) is 0 Å². The summed E-state index contributed by atoms with van der Waals surface area (Å²) < 4.78 is 0. The molecule has 1 aromatic heterocycles. The summed E-state index contributed by atoms with van der Waals surface area (Å²) in [6.45, 7) is 13.3. The fourth-order valence-corrected chi connectivity index (χ4v) is 2.93. The maximum absolute atomic E-state index is 4.89. The van der Waals surface area contributed by atoms with Crippen LogP contribution in [0.3, 0.4) is 0 Å². The zero-order chi connectivity index (χ0) is 15.4. The normalized spacial score (nSPS) is 21.0. The molecule has 1 saturated carbocycles. The first-order chi connectivity index (χ1) is 10.1. The number of nitrogens with one attached hydrogen (secondary N) is 1. The van der Waals surface area contributed by atoms with Crippen LogP contribution in [0.5, 0.6) is 0 Å². The Labute approximate surface area is 130 Å². The van der Waals surface area contributed by atoms with Gasteiger partial charge >= 0.3 is 0 Å². The molecule has 1 aliphatic rings. The lowest BCUT2D eigenvalue weighted by molar-refractivity contribution is 0.552. The Hall–Kier alpha value is -0.960. The van der Waals surface area contributed by atoms with Crippen molar-refractivity contribution in [1.29, 1.82) is 0 Å². The van der Waals surface area contributed by atoms with Gasteiger partial charge in [-0.05, 0) is 56.2 Å². The van der Waals surface area contributed by atoms with Crippen LogP contribution < -0.4 is 5.32 Å². The average Bonchev–Trinajstić information content (AvgIpc) is 3.19. The van der Waals surface area contributed by atoms with Gasteiger partial charge in [-0.2, -0.15) is 0 Å². The van der Waals surface area contributed by atoms with Crippen LogP contribution in [0.25, 0.3) is 0 Å². The van der Waals surface area contributed by atoms with Gasteiger partial charge in [0.15, 0.2) is 0 Å². The van der Waals surface area contributed by atoms with Crippen LogP contribution in [0.2, 0.25) is 0 Å².